The van der Waals surface area contributed by atoms with Crippen LogP contribution in [0.5, 0.6) is 0 Å². The number of nitrogens with one attached hydrogen (secondary N) is 3. The number of hydrogen-bond donors (Lipinski definition) is 4. The Morgan fingerprint density at radius 1 is 1.05 bits per heavy atom. The third kappa shape index (κ3) is 6.37. The molecule has 0 aliphatic rings. The molecule has 14 heteroatoms. The molecule has 2 aromatic heterocycles. The van der Waals surface area contributed by atoms with E-state index in [4.69, 9.17) is 17.3 Å². The average molecular weight is 551 g/mol. The third-order valence-corrected chi connectivity index (χ3v) is 6.48. The molecule has 0 saturated carbocycles. The zero-order chi connectivity index (χ0) is 26.8. The van der Waals surface area contributed by atoms with Crippen molar-refractivity contribution < 1.29 is 26.4 Å². The van der Waals surface area contributed by atoms with Crippen LogP contribution in [0.4, 0.5) is 30.5 Å². The second kappa shape index (κ2) is 10.1. The number of carbonyl (C=O) groups is 1. The molecule has 4 rings (SSSR count). The Morgan fingerprint density at radius 2 is 1.76 bits per heavy atom. The van der Waals surface area contributed by atoms with Crippen molar-refractivity contribution in [3.63, 3.8) is 0 Å². The maximum absolute atomic E-state index is 13.0. The van der Waals surface area contributed by atoms with Gasteiger partial charge in [0.25, 0.3) is 5.91 Å². The summed E-state index contributed by atoms with van der Waals surface area (Å²) in [4.78, 5) is 15.7. The zero-order valence-corrected chi connectivity index (χ0v) is 20.2. The molecule has 192 valence electrons. The van der Waals surface area contributed by atoms with Gasteiger partial charge in [0.1, 0.15) is 28.6 Å². The smallest absolute Gasteiger partial charge is 0.365 e. The highest BCUT2D eigenvalue weighted by Gasteiger charge is 2.32. The topological polar surface area (TPSA) is 143 Å². The van der Waals surface area contributed by atoms with Gasteiger partial charge in [-0.3, -0.25) is 14.6 Å². The Kier molecular flexibility index (Phi) is 7.09. The van der Waals surface area contributed by atoms with Crippen LogP contribution in [0.3, 0.4) is 0 Å². The second-order valence-corrected chi connectivity index (χ2v) is 9.94. The minimum atomic E-state index is -4.65. The molecule has 9 nitrogen and oxygen atoms in total. The van der Waals surface area contributed by atoms with Crippen molar-refractivity contribution in [1.82, 2.24) is 15.2 Å². The number of pyridine rings is 1. The molecule has 0 spiro atoms. The fraction of sp³-hybridized carbons (Fsp3) is 0.0870. The third-order valence-electron chi connectivity index (χ3n) is 4.98. The number of H-pyrrole nitrogens is 1. The van der Waals surface area contributed by atoms with E-state index in [-0.39, 0.29) is 34.3 Å². The number of nitrogens with two attached hydrogens (primary N) is 1. The predicted octanol–water partition coefficient (Wildman–Crippen LogP) is 4.93. The number of primary amides is 1. The molecule has 0 radical (unpaired) electrons. The first-order valence-electron chi connectivity index (χ1n) is 10.5. The summed E-state index contributed by atoms with van der Waals surface area (Å²) in [5.41, 5.74) is 5.54. The molecule has 0 aliphatic carbocycles. The lowest BCUT2D eigenvalue weighted by Crippen LogP contribution is -2.15. The number of aromatic amines is 1. The van der Waals surface area contributed by atoms with Gasteiger partial charge in [-0.1, -0.05) is 41.9 Å². The minimum Gasteiger partial charge on any atom is -0.365 e. The van der Waals surface area contributed by atoms with Gasteiger partial charge in [0.2, 0.25) is 10.0 Å². The average Bonchev–Trinajstić information content (AvgIpc) is 3.22. The van der Waals surface area contributed by atoms with Gasteiger partial charge in [0, 0.05) is 16.3 Å². The van der Waals surface area contributed by atoms with Gasteiger partial charge in [0.05, 0.1) is 5.75 Å². The molecule has 37 heavy (non-hydrogen) atoms. The van der Waals surface area contributed by atoms with Crippen LogP contribution in [-0.4, -0.2) is 29.5 Å². The molecule has 0 aliphatic heterocycles. The molecule has 0 fully saturated rings. The van der Waals surface area contributed by atoms with Crippen LogP contribution in [0.2, 0.25) is 5.02 Å². The monoisotopic (exact) mass is 550 g/mol. The Morgan fingerprint density at radius 3 is 2.41 bits per heavy atom. The summed E-state index contributed by atoms with van der Waals surface area (Å²) >= 11 is 5.91. The highest BCUT2D eigenvalue weighted by atomic mass is 35.5. The van der Waals surface area contributed by atoms with Crippen LogP contribution in [0, 0.1) is 0 Å². The van der Waals surface area contributed by atoms with Crippen LogP contribution in [0.25, 0.3) is 11.3 Å². The lowest BCUT2D eigenvalue weighted by Gasteiger charge is -2.10. The van der Waals surface area contributed by atoms with Gasteiger partial charge >= 0.3 is 6.18 Å². The summed E-state index contributed by atoms with van der Waals surface area (Å²) in [6.07, 6.45) is -4.65. The number of nitrogens with zero attached hydrogens (tertiary/aromatic N) is 2. The number of hydrogen-bond acceptors (Lipinski definition) is 6. The Bertz CT molecular complexity index is 1560. The van der Waals surface area contributed by atoms with Gasteiger partial charge in [-0.25, -0.2) is 13.4 Å². The zero-order valence-electron chi connectivity index (χ0n) is 18.7. The number of amides is 1. The maximum Gasteiger partial charge on any atom is 0.433 e. The van der Waals surface area contributed by atoms with Gasteiger partial charge in [-0.15, -0.1) is 0 Å². The SMILES string of the molecule is NC(=O)c1c(-c2ccc(NS(=O)(=O)Cc3cccc(Cl)c3)cc2)n[nH]c1Nc1cccc(C(F)(F)F)n1. The van der Waals surface area contributed by atoms with Crippen molar-refractivity contribution in [2.75, 3.05) is 10.0 Å². The number of rotatable bonds is 8. The summed E-state index contributed by atoms with van der Waals surface area (Å²) in [7, 11) is -3.75. The van der Waals surface area contributed by atoms with E-state index in [2.05, 4.69) is 25.2 Å². The minimum absolute atomic E-state index is 0.0550. The second-order valence-electron chi connectivity index (χ2n) is 7.79. The first-order valence-corrected chi connectivity index (χ1v) is 12.5. The van der Waals surface area contributed by atoms with Crippen LogP contribution in [-0.2, 0) is 22.0 Å². The van der Waals surface area contributed by atoms with Crippen molar-refractivity contribution in [3.8, 4) is 11.3 Å². The number of benzene rings is 2. The highest BCUT2D eigenvalue weighted by Crippen LogP contribution is 2.31. The van der Waals surface area contributed by atoms with Crippen LogP contribution in [0.1, 0.15) is 21.6 Å². The Balaban J connectivity index is 1.55. The van der Waals surface area contributed by atoms with E-state index in [0.717, 1.165) is 12.1 Å². The number of anilines is 3. The normalized spacial score (nSPS) is 11.8. The molecule has 0 bridgehead atoms. The molecule has 5 N–H and O–H groups in total. The Hall–Kier alpha value is -4.10. The van der Waals surface area contributed by atoms with E-state index in [1.165, 1.54) is 30.3 Å². The van der Waals surface area contributed by atoms with Gasteiger partial charge in [-0.2, -0.15) is 18.3 Å². The van der Waals surface area contributed by atoms with Crippen molar-refractivity contribution in [3.05, 3.63) is 88.6 Å². The van der Waals surface area contributed by atoms with Gasteiger partial charge in [-0.05, 0) is 42.0 Å². The number of alkyl halides is 3. The highest BCUT2D eigenvalue weighted by molar-refractivity contribution is 7.91. The van der Waals surface area contributed by atoms with Crippen LogP contribution >= 0.6 is 11.6 Å². The lowest BCUT2D eigenvalue weighted by atomic mass is 10.1. The quantitative estimate of drug-likeness (QED) is 0.245. The summed E-state index contributed by atoms with van der Waals surface area (Å²) < 4.78 is 66.4. The molecule has 0 unspecified atom stereocenters. The standard InChI is InChI=1S/C23H18ClF3N6O3S/c24-15-4-1-3-13(11-15)12-37(35,36)33-16-9-7-14(8-10-16)20-19(21(28)34)22(32-31-20)30-18-6-2-5-17(29-18)23(25,26)27/h1-11,33H,12H2,(H2,28,34)(H2,29,30,31,32). The van der Waals surface area contributed by atoms with E-state index in [0.29, 0.717) is 16.1 Å². The number of carbonyl (C=O) groups excluding carboxylic acids is 1. The number of halogens is 4. The van der Waals surface area contributed by atoms with E-state index < -0.39 is 27.8 Å². The number of aromatic nitrogens is 3. The summed E-state index contributed by atoms with van der Waals surface area (Å²) in [5.74, 6) is -1.43. The predicted molar refractivity (Wildman–Crippen MR) is 133 cm³/mol. The van der Waals surface area contributed by atoms with E-state index in [9.17, 15) is 26.4 Å². The molecule has 2 heterocycles. The van der Waals surface area contributed by atoms with Gasteiger partial charge < -0.3 is 11.1 Å². The van der Waals surface area contributed by atoms with Crippen molar-refractivity contribution in [2.24, 2.45) is 5.73 Å². The summed E-state index contributed by atoms with van der Waals surface area (Å²) in [5, 5.41) is 9.60. The fourth-order valence-electron chi connectivity index (χ4n) is 3.43. The number of sulfonamides is 1. The van der Waals surface area contributed by atoms with E-state index in [1.54, 1.807) is 24.3 Å². The van der Waals surface area contributed by atoms with E-state index in [1.807, 2.05) is 0 Å². The molecule has 0 saturated heterocycles. The first kappa shape index (κ1) is 26.0. The lowest BCUT2D eigenvalue weighted by molar-refractivity contribution is -0.141. The summed E-state index contributed by atoms with van der Waals surface area (Å²) in [6.45, 7) is 0. The maximum atomic E-state index is 13.0. The van der Waals surface area contributed by atoms with E-state index >= 15 is 0 Å². The van der Waals surface area contributed by atoms with Crippen molar-refractivity contribution in [2.45, 2.75) is 11.9 Å². The molecule has 1 amide bonds. The molecule has 4 aromatic rings. The Labute approximate surface area is 213 Å². The largest absolute Gasteiger partial charge is 0.433 e. The van der Waals surface area contributed by atoms with Gasteiger partial charge in [0.15, 0.2) is 0 Å². The van der Waals surface area contributed by atoms with Crippen LogP contribution in [0.15, 0.2) is 66.7 Å². The van der Waals surface area contributed by atoms with Crippen LogP contribution < -0.4 is 15.8 Å². The summed E-state index contributed by atoms with van der Waals surface area (Å²) in [6, 6.07) is 15.7. The molecular formula is C23H18ClF3N6O3S. The molecule has 2 aromatic carbocycles. The molecule has 0 atom stereocenters. The molecular weight excluding hydrogens is 533 g/mol. The fourth-order valence-corrected chi connectivity index (χ4v) is 4.83. The van der Waals surface area contributed by atoms with Crippen molar-refractivity contribution in [1.29, 1.82) is 0 Å². The van der Waals surface area contributed by atoms with Crippen molar-refractivity contribution >= 4 is 44.9 Å². The first-order chi connectivity index (χ1) is 17.4.